The van der Waals surface area contributed by atoms with Crippen molar-refractivity contribution in [1.29, 1.82) is 0 Å². The molecule has 0 amide bonds. The zero-order valence-electron chi connectivity index (χ0n) is 16.3. The SMILES string of the molecule is C=C(C)Cc1oc(Cc2ccccc2)cc1OC(=O)C1C(C=C(Cl)Cl)C1(C)C. The lowest BCUT2D eigenvalue weighted by molar-refractivity contribution is -0.136. The van der Waals surface area contributed by atoms with Crippen LogP contribution in [0.5, 0.6) is 5.75 Å². The Bertz CT molecular complexity index is 905. The van der Waals surface area contributed by atoms with Crippen LogP contribution >= 0.6 is 23.2 Å². The Labute approximate surface area is 176 Å². The van der Waals surface area contributed by atoms with Crippen molar-refractivity contribution in [1.82, 2.24) is 0 Å². The minimum absolute atomic E-state index is 0.0368. The summed E-state index contributed by atoms with van der Waals surface area (Å²) in [6.45, 7) is 9.86. The van der Waals surface area contributed by atoms with Crippen LogP contribution in [0.25, 0.3) is 0 Å². The molecule has 2 unspecified atom stereocenters. The number of carbonyl (C=O) groups excluding carboxylic acids is 1. The molecule has 3 rings (SSSR count). The monoisotopic (exact) mass is 418 g/mol. The summed E-state index contributed by atoms with van der Waals surface area (Å²) >= 11 is 11.6. The average molecular weight is 419 g/mol. The van der Waals surface area contributed by atoms with Gasteiger partial charge in [0.2, 0.25) is 0 Å². The molecule has 2 atom stereocenters. The van der Waals surface area contributed by atoms with E-state index in [-0.39, 0.29) is 27.7 Å². The van der Waals surface area contributed by atoms with Gasteiger partial charge in [0.25, 0.3) is 0 Å². The van der Waals surface area contributed by atoms with E-state index in [9.17, 15) is 4.79 Å². The van der Waals surface area contributed by atoms with Crippen LogP contribution in [-0.2, 0) is 17.6 Å². The number of esters is 1. The van der Waals surface area contributed by atoms with Crippen molar-refractivity contribution >= 4 is 29.2 Å². The van der Waals surface area contributed by atoms with Gasteiger partial charge in [-0.05, 0) is 29.9 Å². The zero-order valence-corrected chi connectivity index (χ0v) is 17.8. The summed E-state index contributed by atoms with van der Waals surface area (Å²) in [4.78, 5) is 12.8. The molecule has 5 heteroatoms. The van der Waals surface area contributed by atoms with Gasteiger partial charge in [0.05, 0.1) is 5.92 Å². The Morgan fingerprint density at radius 1 is 1.29 bits per heavy atom. The fourth-order valence-corrected chi connectivity index (χ4v) is 3.85. The van der Waals surface area contributed by atoms with Crippen molar-refractivity contribution in [3.8, 4) is 5.75 Å². The maximum atomic E-state index is 12.8. The van der Waals surface area contributed by atoms with E-state index in [1.54, 1.807) is 12.1 Å². The van der Waals surface area contributed by atoms with E-state index < -0.39 is 0 Å². The molecule has 0 N–H and O–H groups in total. The molecule has 0 saturated heterocycles. The van der Waals surface area contributed by atoms with Gasteiger partial charge in [0.1, 0.15) is 10.3 Å². The van der Waals surface area contributed by atoms with Crippen molar-refractivity contribution in [3.63, 3.8) is 0 Å². The lowest BCUT2D eigenvalue weighted by atomic mass is 10.1. The predicted molar refractivity (Wildman–Crippen MR) is 113 cm³/mol. The molecule has 0 radical (unpaired) electrons. The quantitative estimate of drug-likeness (QED) is 0.381. The third kappa shape index (κ3) is 4.71. The third-order valence-electron chi connectivity index (χ3n) is 5.19. The van der Waals surface area contributed by atoms with Gasteiger partial charge in [-0.3, -0.25) is 4.79 Å². The number of allylic oxidation sites excluding steroid dienone is 2. The van der Waals surface area contributed by atoms with Crippen LogP contribution in [0, 0.1) is 17.3 Å². The van der Waals surface area contributed by atoms with Gasteiger partial charge >= 0.3 is 5.97 Å². The van der Waals surface area contributed by atoms with Crippen molar-refractivity contribution in [2.75, 3.05) is 0 Å². The molecule has 2 aromatic rings. The minimum atomic E-state index is -0.296. The molecule has 0 spiro atoms. The third-order valence-corrected chi connectivity index (χ3v) is 5.44. The molecule has 0 bridgehead atoms. The highest BCUT2D eigenvalue weighted by molar-refractivity contribution is 6.55. The number of furan rings is 1. The molecule has 0 aliphatic heterocycles. The normalized spacial score (nSPS) is 19.8. The molecule has 3 nitrogen and oxygen atoms in total. The summed E-state index contributed by atoms with van der Waals surface area (Å²) in [6.07, 6.45) is 2.85. The van der Waals surface area contributed by atoms with Gasteiger partial charge in [-0.25, -0.2) is 0 Å². The van der Waals surface area contributed by atoms with Gasteiger partial charge in [-0.1, -0.05) is 79.5 Å². The number of carbonyl (C=O) groups is 1. The first-order chi connectivity index (χ1) is 13.2. The summed E-state index contributed by atoms with van der Waals surface area (Å²) in [5.41, 5.74) is 1.82. The van der Waals surface area contributed by atoms with Gasteiger partial charge in [0, 0.05) is 18.9 Å². The summed E-state index contributed by atoms with van der Waals surface area (Å²) < 4.78 is 11.9. The molecule has 1 aromatic heterocycles. The highest BCUT2D eigenvalue weighted by Gasteiger charge is 2.61. The first-order valence-electron chi connectivity index (χ1n) is 9.23. The largest absolute Gasteiger partial charge is 0.461 e. The second kappa shape index (κ2) is 8.18. The number of ether oxygens (including phenoxy) is 1. The Morgan fingerprint density at radius 2 is 1.96 bits per heavy atom. The van der Waals surface area contributed by atoms with Gasteiger partial charge in [-0.2, -0.15) is 0 Å². The molecule has 148 valence electrons. The van der Waals surface area contributed by atoms with Crippen molar-refractivity contribution < 1.29 is 13.9 Å². The molecule has 28 heavy (non-hydrogen) atoms. The average Bonchev–Trinajstić information content (AvgIpc) is 2.93. The highest BCUT2D eigenvalue weighted by Crippen LogP contribution is 2.60. The second-order valence-corrected chi connectivity index (χ2v) is 9.01. The van der Waals surface area contributed by atoms with Gasteiger partial charge < -0.3 is 9.15 Å². The Kier molecular flexibility index (Phi) is 6.07. The maximum Gasteiger partial charge on any atom is 0.315 e. The van der Waals surface area contributed by atoms with E-state index in [4.69, 9.17) is 32.4 Å². The maximum absolute atomic E-state index is 12.8. The standard InChI is InChI=1S/C23H24Cl2O3/c1-14(2)10-18-19(12-16(27-18)11-15-8-6-5-7-9-15)28-22(26)21-17(13-20(24)25)23(21,3)4/h5-9,12-13,17,21H,1,10-11H2,2-4H3. The lowest BCUT2D eigenvalue weighted by Crippen LogP contribution is -2.14. The molecule has 1 aliphatic carbocycles. The van der Waals surface area contributed by atoms with E-state index in [0.29, 0.717) is 24.4 Å². The van der Waals surface area contributed by atoms with Gasteiger partial charge in [-0.15, -0.1) is 0 Å². The first-order valence-corrected chi connectivity index (χ1v) is 9.98. The molecule has 1 saturated carbocycles. The number of benzene rings is 1. The van der Waals surface area contributed by atoms with Crippen LogP contribution in [0.2, 0.25) is 0 Å². The number of hydrogen-bond acceptors (Lipinski definition) is 3. The molecule has 1 heterocycles. The zero-order chi connectivity index (χ0) is 20.5. The lowest BCUT2D eigenvalue weighted by Gasteiger charge is -2.05. The van der Waals surface area contributed by atoms with E-state index >= 15 is 0 Å². The van der Waals surface area contributed by atoms with Crippen LogP contribution < -0.4 is 4.74 Å². The van der Waals surface area contributed by atoms with Crippen LogP contribution in [0.3, 0.4) is 0 Å². The summed E-state index contributed by atoms with van der Waals surface area (Å²) in [5, 5.41) is 0. The van der Waals surface area contributed by atoms with E-state index in [1.807, 2.05) is 51.1 Å². The summed E-state index contributed by atoms with van der Waals surface area (Å²) in [6, 6.07) is 11.8. The molecule has 1 aliphatic rings. The fourth-order valence-electron chi connectivity index (χ4n) is 3.58. The number of rotatable bonds is 7. The molecular weight excluding hydrogens is 395 g/mol. The van der Waals surface area contributed by atoms with Crippen LogP contribution in [0.4, 0.5) is 0 Å². The number of hydrogen-bond donors (Lipinski definition) is 0. The van der Waals surface area contributed by atoms with Crippen LogP contribution in [0.15, 0.2) is 63.5 Å². The first kappa shape index (κ1) is 20.8. The van der Waals surface area contributed by atoms with Crippen LogP contribution in [-0.4, -0.2) is 5.97 Å². The Morgan fingerprint density at radius 3 is 2.57 bits per heavy atom. The highest BCUT2D eigenvalue weighted by atomic mass is 35.5. The topological polar surface area (TPSA) is 39.4 Å². The van der Waals surface area contributed by atoms with E-state index in [2.05, 4.69) is 6.58 Å². The van der Waals surface area contributed by atoms with Crippen molar-refractivity contribution in [2.45, 2.75) is 33.6 Å². The van der Waals surface area contributed by atoms with E-state index in [1.165, 1.54) is 0 Å². The predicted octanol–water partition coefficient (Wildman–Crippen LogP) is 6.49. The number of halogens is 2. The molecular formula is C23H24Cl2O3. The van der Waals surface area contributed by atoms with Crippen molar-refractivity contribution in [3.05, 3.63) is 76.2 Å². The summed E-state index contributed by atoms with van der Waals surface area (Å²) in [5.74, 6) is 1.21. The van der Waals surface area contributed by atoms with Gasteiger partial charge in [0.15, 0.2) is 11.5 Å². The summed E-state index contributed by atoms with van der Waals surface area (Å²) in [7, 11) is 0. The van der Waals surface area contributed by atoms with Crippen LogP contribution in [0.1, 0.15) is 37.9 Å². The second-order valence-electron chi connectivity index (χ2n) is 8.00. The fraction of sp³-hybridized carbons (Fsp3) is 0.348. The smallest absolute Gasteiger partial charge is 0.315 e. The Hall–Kier alpha value is -1.97. The Balaban J connectivity index is 1.79. The molecule has 1 aromatic carbocycles. The van der Waals surface area contributed by atoms with Crippen molar-refractivity contribution in [2.24, 2.45) is 17.3 Å². The molecule has 1 fully saturated rings. The minimum Gasteiger partial charge on any atom is -0.461 e. The van der Waals surface area contributed by atoms with E-state index in [0.717, 1.165) is 16.9 Å².